The van der Waals surface area contributed by atoms with Gasteiger partial charge in [0.2, 0.25) is 0 Å². The SMILES string of the molecule is Cc1c2c(c3ccccc3c1C)CCC=C2. The van der Waals surface area contributed by atoms with E-state index in [1.807, 2.05) is 0 Å². The van der Waals surface area contributed by atoms with Gasteiger partial charge in [-0.3, -0.25) is 0 Å². The number of hydrogen-bond donors (Lipinski definition) is 0. The lowest BCUT2D eigenvalue weighted by molar-refractivity contribution is 0.991. The number of fused-ring (bicyclic) bond motifs is 3. The van der Waals surface area contributed by atoms with Crippen LogP contribution >= 0.6 is 0 Å². The second-order valence-corrected chi connectivity index (χ2v) is 4.63. The predicted molar refractivity (Wildman–Crippen MR) is 70.8 cm³/mol. The molecule has 2 aromatic rings. The second kappa shape index (κ2) is 3.48. The summed E-state index contributed by atoms with van der Waals surface area (Å²) in [5.74, 6) is 0. The van der Waals surface area contributed by atoms with E-state index in [-0.39, 0.29) is 0 Å². The maximum Gasteiger partial charge on any atom is -0.0143 e. The zero-order chi connectivity index (χ0) is 11.1. The minimum absolute atomic E-state index is 1.18. The van der Waals surface area contributed by atoms with Gasteiger partial charge in [-0.1, -0.05) is 36.4 Å². The normalized spacial score (nSPS) is 14.1. The first-order chi connectivity index (χ1) is 7.79. The van der Waals surface area contributed by atoms with Gasteiger partial charge in [-0.2, -0.15) is 0 Å². The van der Waals surface area contributed by atoms with E-state index in [1.165, 1.54) is 40.3 Å². The Morgan fingerprint density at radius 2 is 1.69 bits per heavy atom. The van der Waals surface area contributed by atoms with Crippen LogP contribution in [0.15, 0.2) is 30.3 Å². The Balaban J connectivity index is 2.51. The summed E-state index contributed by atoms with van der Waals surface area (Å²) in [7, 11) is 0. The number of benzene rings is 2. The molecule has 0 amide bonds. The van der Waals surface area contributed by atoms with E-state index in [4.69, 9.17) is 0 Å². The molecule has 3 rings (SSSR count). The fraction of sp³-hybridized carbons (Fsp3) is 0.250. The standard InChI is InChI=1S/C16H16/c1-11-12(2)14-8-4-6-10-16(14)15-9-5-3-7-13(11)15/h3-5,7-9H,6,10H2,1-2H3. The van der Waals surface area contributed by atoms with Crippen LogP contribution in [-0.2, 0) is 6.42 Å². The molecule has 0 unspecified atom stereocenters. The van der Waals surface area contributed by atoms with Crippen LogP contribution in [-0.4, -0.2) is 0 Å². The van der Waals surface area contributed by atoms with Crippen LogP contribution < -0.4 is 0 Å². The van der Waals surface area contributed by atoms with E-state index in [2.05, 4.69) is 50.3 Å². The summed E-state index contributed by atoms with van der Waals surface area (Å²) >= 11 is 0. The molecule has 0 saturated carbocycles. The molecule has 0 heteroatoms. The number of aryl methyl sites for hydroxylation is 2. The monoisotopic (exact) mass is 208 g/mol. The smallest absolute Gasteiger partial charge is 0.0143 e. The Kier molecular flexibility index (Phi) is 2.10. The van der Waals surface area contributed by atoms with Gasteiger partial charge in [0.05, 0.1) is 0 Å². The molecule has 0 radical (unpaired) electrons. The average Bonchev–Trinajstić information content (AvgIpc) is 2.36. The van der Waals surface area contributed by atoms with Crippen LogP contribution in [0, 0.1) is 13.8 Å². The van der Waals surface area contributed by atoms with Crippen LogP contribution in [0.2, 0.25) is 0 Å². The third-order valence-electron chi connectivity index (χ3n) is 3.79. The highest BCUT2D eigenvalue weighted by Gasteiger charge is 2.13. The van der Waals surface area contributed by atoms with Gasteiger partial charge in [-0.05, 0) is 59.7 Å². The summed E-state index contributed by atoms with van der Waals surface area (Å²) in [5.41, 5.74) is 5.88. The van der Waals surface area contributed by atoms with Crippen molar-refractivity contribution in [1.82, 2.24) is 0 Å². The van der Waals surface area contributed by atoms with Crippen molar-refractivity contribution in [2.75, 3.05) is 0 Å². The van der Waals surface area contributed by atoms with Crippen LogP contribution in [0.3, 0.4) is 0 Å². The lowest BCUT2D eigenvalue weighted by Crippen LogP contribution is -2.00. The summed E-state index contributed by atoms with van der Waals surface area (Å²) in [6, 6.07) is 8.80. The molecule has 0 aliphatic heterocycles. The summed E-state index contributed by atoms with van der Waals surface area (Å²) in [4.78, 5) is 0. The Hall–Kier alpha value is -1.56. The zero-order valence-electron chi connectivity index (χ0n) is 9.88. The zero-order valence-corrected chi connectivity index (χ0v) is 9.88. The van der Waals surface area contributed by atoms with Gasteiger partial charge in [0.15, 0.2) is 0 Å². The van der Waals surface area contributed by atoms with Gasteiger partial charge in [0.25, 0.3) is 0 Å². The van der Waals surface area contributed by atoms with E-state index >= 15 is 0 Å². The maximum absolute atomic E-state index is 2.30. The van der Waals surface area contributed by atoms with E-state index in [0.29, 0.717) is 0 Å². The molecule has 0 saturated heterocycles. The van der Waals surface area contributed by atoms with Crippen molar-refractivity contribution < 1.29 is 0 Å². The Labute approximate surface area is 96.6 Å². The topological polar surface area (TPSA) is 0 Å². The van der Waals surface area contributed by atoms with Crippen molar-refractivity contribution in [2.24, 2.45) is 0 Å². The van der Waals surface area contributed by atoms with Gasteiger partial charge in [-0.15, -0.1) is 0 Å². The molecule has 0 nitrogen and oxygen atoms in total. The quantitative estimate of drug-likeness (QED) is 0.601. The van der Waals surface area contributed by atoms with Gasteiger partial charge >= 0.3 is 0 Å². The molecule has 1 aliphatic rings. The van der Waals surface area contributed by atoms with Crippen LogP contribution in [0.5, 0.6) is 0 Å². The first kappa shape index (κ1) is 9.65. The van der Waals surface area contributed by atoms with E-state index in [9.17, 15) is 0 Å². The summed E-state index contributed by atoms with van der Waals surface area (Å²) < 4.78 is 0. The average molecular weight is 208 g/mol. The molecule has 1 aliphatic carbocycles. The van der Waals surface area contributed by atoms with Crippen molar-refractivity contribution in [3.05, 3.63) is 52.6 Å². The van der Waals surface area contributed by atoms with Crippen LogP contribution in [0.1, 0.15) is 28.7 Å². The summed E-state index contributed by atoms with van der Waals surface area (Å²) in [6.07, 6.45) is 6.96. The molecule has 80 valence electrons. The van der Waals surface area contributed by atoms with Crippen molar-refractivity contribution in [1.29, 1.82) is 0 Å². The minimum Gasteiger partial charge on any atom is -0.0836 e. The molecule has 0 aromatic heterocycles. The second-order valence-electron chi connectivity index (χ2n) is 4.63. The van der Waals surface area contributed by atoms with Gasteiger partial charge in [0, 0.05) is 0 Å². The Morgan fingerprint density at radius 3 is 2.50 bits per heavy atom. The third-order valence-corrected chi connectivity index (χ3v) is 3.79. The molecular formula is C16H16. The van der Waals surface area contributed by atoms with Gasteiger partial charge < -0.3 is 0 Å². The van der Waals surface area contributed by atoms with E-state index < -0.39 is 0 Å². The lowest BCUT2D eigenvalue weighted by atomic mass is 9.86. The van der Waals surface area contributed by atoms with Crippen LogP contribution in [0.4, 0.5) is 0 Å². The fourth-order valence-corrected chi connectivity index (χ4v) is 2.77. The Morgan fingerprint density at radius 1 is 0.938 bits per heavy atom. The fourth-order valence-electron chi connectivity index (χ4n) is 2.77. The van der Waals surface area contributed by atoms with E-state index in [0.717, 1.165) is 0 Å². The highest BCUT2D eigenvalue weighted by atomic mass is 14.2. The highest BCUT2D eigenvalue weighted by molar-refractivity contribution is 5.93. The number of rotatable bonds is 0. The maximum atomic E-state index is 2.30. The molecule has 2 aromatic carbocycles. The molecule has 0 N–H and O–H groups in total. The molecule has 0 atom stereocenters. The van der Waals surface area contributed by atoms with Crippen molar-refractivity contribution in [3.8, 4) is 0 Å². The summed E-state index contributed by atoms with van der Waals surface area (Å²) in [6.45, 7) is 4.48. The Bertz CT molecular complexity index is 589. The van der Waals surface area contributed by atoms with Gasteiger partial charge in [-0.25, -0.2) is 0 Å². The molecule has 0 spiro atoms. The number of allylic oxidation sites excluding steroid dienone is 1. The predicted octanol–water partition coefficient (Wildman–Crippen LogP) is 4.42. The minimum atomic E-state index is 1.18. The third kappa shape index (κ3) is 1.23. The molecule has 0 fully saturated rings. The van der Waals surface area contributed by atoms with Crippen molar-refractivity contribution in [2.45, 2.75) is 26.7 Å². The highest BCUT2D eigenvalue weighted by Crippen LogP contribution is 2.33. The van der Waals surface area contributed by atoms with Crippen LogP contribution in [0.25, 0.3) is 16.8 Å². The largest absolute Gasteiger partial charge is 0.0836 e. The van der Waals surface area contributed by atoms with Crippen molar-refractivity contribution in [3.63, 3.8) is 0 Å². The molecular weight excluding hydrogens is 192 g/mol. The van der Waals surface area contributed by atoms with Crippen molar-refractivity contribution >= 4 is 16.8 Å². The molecule has 16 heavy (non-hydrogen) atoms. The first-order valence-electron chi connectivity index (χ1n) is 5.96. The van der Waals surface area contributed by atoms with E-state index in [1.54, 1.807) is 5.56 Å². The lowest BCUT2D eigenvalue weighted by Gasteiger charge is -2.19. The van der Waals surface area contributed by atoms with Gasteiger partial charge in [0.1, 0.15) is 0 Å². The summed E-state index contributed by atoms with van der Waals surface area (Å²) in [5, 5.41) is 2.87. The number of hydrogen-bond acceptors (Lipinski definition) is 0. The molecule has 0 bridgehead atoms. The first-order valence-corrected chi connectivity index (χ1v) is 5.96. The molecule has 0 heterocycles.